The van der Waals surface area contributed by atoms with Gasteiger partial charge in [0.2, 0.25) is 0 Å². The van der Waals surface area contributed by atoms with Crippen LogP contribution in [0.15, 0.2) is 36.7 Å². The molecule has 0 saturated carbocycles. The van der Waals surface area contributed by atoms with E-state index >= 15 is 0 Å². The van der Waals surface area contributed by atoms with Gasteiger partial charge in [-0.2, -0.15) is 0 Å². The number of carboxylic acid groups (broad SMARTS) is 1. The van der Waals surface area contributed by atoms with E-state index in [0.29, 0.717) is 19.6 Å². The van der Waals surface area contributed by atoms with Crippen molar-refractivity contribution in [3.63, 3.8) is 0 Å². The first-order valence-corrected chi connectivity index (χ1v) is 7.27. The minimum atomic E-state index is -0.831. The summed E-state index contributed by atoms with van der Waals surface area (Å²) < 4.78 is 15.0. The maximum absolute atomic E-state index is 13.0. The molecule has 2 aromatic rings. The molecule has 0 aliphatic rings. The molecule has 5 nitrogen and oxygen atoms in total. The molecule has 0 aliphatic heterocycles. The van der Waals surface area contributed by atoms with Gasteiger partial charge in [0.05, 0.1) is 13.0 Å². The quantitative estimate of drug-likeness (QED) is 0.814. The number of hydrogen-bond donors (Lipinski definition) is 1. The number of aliphatic carboxylic acids is 1. The SMILES string of the molecule is CCn1ccnc1CN(CCC(=O)O)Cc1ccc(F)cc1. The molecule has 0 aliphatic carbocycles. The molecule has 0 unspecified atom stereocenters. The summed E-state index contributed by atoms with van der Waals surface area (Å²) in [6.45, 7) is 4.39. The maximum atomic E-state index is 13.0. The van der Waals surface area contributed by atoms with E-state index in [1.807, 2.05) is 22.6 Å². The molecular weight excluding hydrogens is 285 g/mol. The van der Waals surface area contributed by atoms with Crippen LogP contribution >= 0.6 is 0 Å². The Hall–Kier alpha value is -2.21. The van der Waals surface area contributed by atoms with Crippen LogP contribution in [0.4, 0.5) is 4.39 Å². The van der Waals surface area contributed by atoms with Gasteiger partial charge in [-0.05, 0) is 24.6 Å². The lowest BCUT2D eigenvalue weighted by Crippen LogP contribution is -2.27. The van der Waals surface area contributed by atoms with Gasteiger partial charge in [-0.3, -0.25) is 9.69 Å². The number of carboxylic acids is 1. The van der Waals surface area contributed by atoms with Gasteiger partial charge in [0, 0.05) is 32.0 Å². The van der Waals surface area contributed by atoms with Gasteiger partial charge in [0.25, 0.3) is 0 Å². The van der Waals surface area contributed by atoms with Gasteiger partial charge in [0.15, 0.2) is 0 Å². The predicted octanol–water partition coefficient (Wildman–Crippen LogP) is 2.52. The van der Waals surface area contributed by atoms with E-state index in [4.69, 9.17) is 5.11 Å². The Labute approximate surface area is 129 Å². The Balaban J connectivity index is 2.08. The zero-order chi connectivity index (χ0) is 15.9. The third kappa shape index (κ3) is 4.66. The van der Waals surface area contributed by atoms with Crippen molar-refractivity contribution in [3.05, 3.63) is 53.9 Å². The zero-order valence-electron chi connectivity index (χ0n) is 12.6. The zero-order valence-corrected chi connectivity index (χ0v) is 12.6. The van der Waals surface area contributed by atoms with Crippen LogP contribution in [0.5, 0.6) is 0 Å². The fourth-order valence-electron chi connectivity index (χ4n) is 2.30. The molecule has 0 atom stereocenters. The molecule has 1 aromatic carbocycles. The van der Waals surface area contributed by atoms with Crippen molar-refractivity contribution in [2.75, 3.05) is 6.54 Å². The van der Waals surface area contributed by atoms with E-state index in [1.54, 1.807) is 18.3 Å². The Bertz CT molecular complexity index is 610. The number of hydrogen-bond acceptors (Lipinski definition) is 3. The molecular formula is C16H20FN3O2. The van der Waals surface area contributed by atoms with Crippen molar-refractivity contribution in [1.29, 1.82) is 0 Å². The minimum absolute atomic E-state index is 0.0635. The molecule has 0 spiro atoms. The smallest absolute Gasteiger partial charge is 0.304 e. The molecule has 2 rings (SSSR count). The highest BCUT2D eigenvalue weighted by molar-refractivity contribution is 5.66. The monoisotopic (exact) mass is 305 g/mol. The lowest BCUT2D eigenvalue weighted by molar-refractivity contribution is -0.137. The second kappa shape index (κ2) is 7.70. The molecule has 6 heteroatoms. The standard InChI is InChI=1S/C16H20FN3O2/c1-2-20-10-8-18-15(20)12-19(9-7-16(21)22)11-13-3-5-14(17)6-4-13/h3-6,8,10H,2,7,9,11-12H2,1H3,(H,21,22). The third-order valence-corrected chi connectivity index (χ3v) is 3.47. The number of halogens is 1. The normalized spacial score (nSPS) is 11.0. The van der Waals surface area contributed by atoms with Crippen molar-refractivity contribution in [1.82, 2.24) is 14.5 Å². The number of aryl methyl sites for hydroxylation is 1. The highest BCUT2D eigenvalue weighted by Crippen LogP contribution is 2.11. The van der Waals surface area contributed by atoms with Crippen LogP contribution in [0, 0.1) is 5.82 Å². The summed E-state index contributed by atoms with van der Waals surface area (Å²) in [7, 11) is 0. The summed E-state index contributed by atoms with van der Waals surface area (Å²) in [5.41, 5.74) is 0.946. The molecule has 0 radical (unpaired) electrons. The van der Waals surface area contributed by atoms with Gasteiger partial charge >= 0.3 is 5.97 Å². The van der Waals surface area contributed by atoms with E-state index in [2.05, 4.69) is 4.98 Å². The number of aromatic nitrogens is 2. The average Bonchev–Trinajstić information content (AvgIpc) is 2.94. The Morgan fingerprint density at radius 1 is 1.32 bits per heavy atom. The molecule has 0 fully saturated rings. The van der Waals surface area contributed by atoms with Gasteiger partial charge in [-0.1, -0.05) is 12.1 Å². The van der Waals surface area contributed by atoms with Crippen LogP contribution in [0.1, 0.15) is 24.7 Å². The summed E-state index contributed by atoms with van der Waals surface area (Å²) in [6.07, 6.45) is 3.71. The number of carbonyl (C=O) groups is 1. The Morgan fingerprint density at radius 3 is 2.68 bits per heavy atom. The molecule has 22 heavy (non-hydrogen) atoms. The van der Waals surface area contributed by atoms with Crippen LogP contribution < -0.4 is 0 Å². The van der Waals surface area contributed by atoms with Gasteiger partial charge in [-0.15, -0.1) is 0 Å². The summed E-state index contributed by atoms with van der Waals surface area (Å²) >= 11 is 0. The number of rotatable bonds is 8. The molecule has 1 N–H and O–H groups in total. The molecule has 1 aromatic heterocycles. The molecule has 0 amide bonds. The van der Waals surface area contributed by atoms with Crippen molar-refractivity contribution in [3.8, 4) is 0 Å². The minimum Gasteiger partial charge on any atom is -0.481 e. The molecule has 118 valence electrons. The predicted molar refractivity (Wildman–Crippen MR) is 80.7 cm³/mol. The first kappa shape index (κ1) is 16.2. The van der Waals surface area contributed by atoms with Gasteiger partial charge < -0.3 is 9.67 Å². The first-order valence-electron chi connectivity index (χ1n) is 7.27. The molecule has 0 bridgehead atoms. The summed E-state index contributed by atoms with van der Waals surface area (Å²) in [5, 5.41) is 8.89. The number of imidazole rings is 1. The Morgan fingerprint density at radius 2 is 2.05 bits per heavy atom. The number of nitrogens with zero attached hydrogens (tertiary/aromatic N) is 3. The second-order valence-electron chi connectivity index (χ2n) is 5.11. The van der Waals surface area contributed by atoms with Crippen LogP contribution in [-0.2, 0) is 24.4 Å². The topological polar surface area (TPSA) is 58.4 Å². The first-order chi connectivity index (χ1) is 10.6. The van der Waals surface area contributed by atoms with Gasteiger partial charge in [0.1, 0.15) is 11.6 Å². The van der Waals surface area contributed by atoms with E-state index < -0.39 is 5.97 Å². The lowest BCUT2D eigenvalue weighted by atomic mass is 10.2. The fraction of sp³-hybridized carbons (Fsp3) is 0.375. The summed E-state index contributed by atoms with van der Waals surface area (Å²) in [4.78, 5) is 17.2. The van der Waals surface area contributed by atoms with Gasteiger partial charge in [-0.25, -0.2) is 9.37 Å². The van der Waals surface area contributed by atoms with Crippen LogP contribution in [0.3, 0.4) is 0 Å². The van der Waals surface area contributed by atoms with E-state index in [-0.39, 0.29) is 12.2 Å². The van der Waals surface area contributed by atoms with Crippen LogP contribution in [-0.4, -0.2) is 32.1 Å². The van der Waals surface area contributed by atoms with Crippen molar-refractivity contribution < 1.29 is 14.3 Å². The average molecular weight is 305 g/mol. The van der Waals surface area contributed by atoms with Crippen molar-refractivity contribution in [2.45, 2.75) is 33.0 Å². The Kier molecular flexibility index (Phi) is 5.66. The highest BCUT2D eigenvalue weighted by Gasteiger charge is 2.12. The highest BCUT2D eigenvalue weighted by atomic mass is 19.1. The largest absolute Gasteiger partial charge is 0.481 e. The maximum Gasteiger partial charge on any atom is 0.304 e. The van der Waals surface area contributed by atoms with E-state index in [0.717, 1.165) is 17.9 Å². The lowest BCUT2D eigenvalue weighted by Gasteiger charge is -2.21. The van der Waals surface area contributed by atoms with Crippen molar-refractivity contribution in [2.24, 2.45) is 0 Å². The fourth-order valence-corrected chi connectivity index (χ4v) is 2.30. The molecule has 1 heterocycles. The molecule has 0 saturated heterocycles. The third-order valence-electron chi connectivity index (χ3n) is 3.47. The van der Waals surface area contributed by atoms with E-state index in [9.17, 15) is 9.18 Å². The summed E-state index contributed by atoms with van der Waals surface area (Å²) in [5.74, 6) is -0.208. The van der Waals surface area contributed by atoms with Crippen LogP contribution in [0.25, 0.3) is 0 Å². The van der Waals surface area contributed by atoms with Crippen molar-refractivity contribution >= 4 is 5.97 Å². The second-order valence-corrected chi connectivity index (χ2v) is 5.11. The summed E-state index contributed by atoms with van der Waals surface area (Å²) in [6, 6.07) is 6.26. The van der Waals surface area contributed by atoms with E-state index in [1.165, 1.54) is 12.1 Å². The number of benzene rings is 1. The van der Waals surface area contributed by atoms with Crippen LogP contribution in [0.2, 0.25) is 0 Å².